The van der Waals surface area contributed by atoms with Crippen molar-refractivity contribution in [1.82, 2.24) is 5.32 Å². The Bertz CT molecular complexity index is 682. The molecule has 0 aliphatic carbocycles. The predicted molar refractivity (Wildman–Crippen MR) is 107 cm³/mol. The molecule has 0 bridgehead atoms. The third-order valence-corrected chi connectivity index (χ3v) is 4.90. The van der Waals surface area contributed by atoms with Crippen molar-refractivity contribution in [2.24, 2.45) is 0 Å². The summed E-state index contributed by atoms with van der Waals surface area (Å²) in [5.74, 6) is 1.79. The van der Waals surface area contributed by atoms with Gasteiger partial charge in [-0.2, -0.15) is 11.8 Å². The van der Waals surface area contributed by atoms with Gasteiger partial charge in [-0.1, -0.05) is 35.9 Å². The van der Waals surface area contributed by atoms with Crippen LogP contribution in [0.25, 0.3) is 0 Å². The van der Waals surface area contributed by atoms with Crippen molar-refractivity contribution in [2.45, 2.75) is 13.0 Å². The Morgan fingerprint density at radius 3 is 2.76 bits per heavy atom. The van der Waals surface area contributed by atoms with Crippen LogP contribution in [0.15, 0.2) is 48.5 Å². The minimum Gasteiger partial charge on any atom is -0.396 e. The molecule has 2 aromatic carbocycles. The predicted octanol–water partition coefficient (Wildman–Crippen LogP) is 3.80. The molecule has 2 aromatic rings. The van der Waals surface area contributed by atoms with E-state index in [1.54, 1.807) is 24.3 Å². The average Bonchev–Trinajstić information content (AvgIpc) is 2.61. The lowest BCUT2D eigenvalue weighted by atomic mass is 10.1. The Balaban J connectivity index is 1.81. The lowest BCUT2D eigenvalue weighted by molar-refractivity contribution is 0.102. The van der Waals surface area contributed by atoms with Crippen molar-refractivity contribution in [3.8, 4) is 0 Å². The largest absolute Gasteiger partial charge is 0.396 e. The molecule has 0 saturated heterocycles. The van der Waals surface area contributed by atoms with E-state index in [1.807, 2.05) is 36.0 Å². The van der Waals surface area contributed by atoms with E-state index in [1.165, 1.54) is 0 Å². The molecule has 2 rings (SSSR count). The van der Waals surface area contributed by atoms with Crippen LogP contribution in [-0.2, 0) is 6.54 Å². The first-order chi connectivity index (χ1) is 12.2. The number of nitrogens with one attached hydrogen (secondary N) is 2. The summed E-state index contributed by atoms with van der Waals surface area (Å²) in [4.78, 5) is 12.3. The number of carbonyl (C=O) groups is 1. The van der Waals surface area contributed by atoms with Crippen molar-refractivity contribution in [1.29, 1.82) is 0 Å². The van der Waals surface area contributed by atoms with Gasteiger partial charge in [0.05, 0.1) is 10.6 Å². The summed E-state index contributed by atoms with van der Waals surface area (Å²) in [6, 6.07) is 14.8. The average molecular weight is 379 g/mol. The van der Waals surface area contributed by atoms with Gasteiger partial charge in [-0.25, -0.2) is 0 Å². The first-order valence-electron chi connectivity index (χ1n) is 8.25. The van der Waals surface area contributed by atoms with Crippen LogP contribution in [0.2, 0.25) is 5.02 Å². The monoisotopic (exact) mass is 378 g/mol. The van der Waals surface area contributed by atoms with Gasteiger partial charge in [0, 0.05) is 31.1 Å². The summed E-state index contributed by atoms with van der Waals surface area (Å²) in [7, 11) is 0. The summed E-state index contributed by atoms with van der Waals surface area (Å²) in [6.45, 7) is 1.91. The molecule has 3 N–H and O–H groups in total. The summed E-state index contributed by atoms with van der Waals surface area (Å²) in [5.41, 5.74) is 2.33. The molecule has 0 unspecified atom stereocenters. The molecular formula is C19H23ClN2O2S. The summed E-state index contributed by atoms with van der Waals surface area (Å²) < 4.78 is 0. The highest BCUT2D eigenvalue weighted by Gasteiger charge is 2.09. The van der Waals surface area contributed by atoms with Crippen LogP contribution in [0, 0.1) is 0 Å². The van der Waals surface area contributed by atoms with E-state index in [0.717, 1.165) is 42.3 Å². The fraction of sp³-hybridized carbons (Fsp3) is 0.316. The summed E-state index contributed by atoms with van der Waals surface area (Å²) >= 11 is 7.89. The fourth-order valence-electron chi connectivity index (χ4n) is 2.25. The second kappa shape index (κ2) is 11.2. The standard InChI is InChI=1S/C19H23ClN2O2S/c20-18-8-2-1-7-17(18)19(24)22-16-6-3-5-15(13-16)14-21-9-12-25-11-4-10-23/h1-3,5-8,13,21,23H,4,9-12,14H2,(H,22,24). The molecule has 0 aliphatic rings. The molecule has 6 heteroatoms. The van der Waals surface area contributed by atoms with Crippen LogP contribution in [0.1, 0.15) is 22.3 Å². The Labute approximate surface area is 158 Å². The molecule has 0 spiro atoms. The zero-order valence-corrected chi connectivity index (χ0v) is 15.6. The van der Waals surface area contributed by atoms with E-state index in [4.69, 9.17) is 16.7 Å². The van der Waals surface area contributed by atoms with Crippen LogP contribution in [0.5, 0.6) is 0 Å². The molecule has 134 valence electrons. The van der Waals surface area contributed by atoms with Crippen LogP contribution >= 0.6 is 23.4 Å². The lowest BCUT2D eigenvalue weighted by Gasteiger charge is -2.09. The maximum absolute atomic E-state index is 12.3. The van der Waals surface area contributed by atoms with Crippen molar-refractivity contribution in [2.75, 3.05) is 30.0 Å². The van der Waals surface area contributed by atoms with Crippen LogP contribution in [0.3, 0.4) is 0 Å². The molecule has 1 amide bonds. The van der Waals surface area contributed by atoms with E-state index in [-0.39, 0.29) is 12.5 Å². The van der Waals surface area contributed by atoms with Gasteiger partial charge in [-0.3, -0.25) is 4.79 Å². The van der Waals surface area contributed by atoms with E-state index >= 15 is 0 Å². The number of rotatable bonds is 10. The highest BCUT2D eigenvalue weighted by Crippen LogP contribution is 2.18. The number of carbonyl (C=O) groups excluding carboxylic acids is 1. The van der Waals surface area contributed by atoms with Gasteiger partial charge in [0.25, 0.3) is 5.91 Å². The van der Waals surface area contributed by atoms with Crippen molar-refractivity contribution in [3.05, 3.63) is 64.7 Å². The SMILES string of the molecule is O=C(Nc1cccc(CNCCSCCCO)c1)c1ccccc1Cl. The van der Waals surface area contributed by atoms with Gasteiger partial charge >= 0.3 is 0 Å². The Kier molecular flexibility index (Phi) is 8.83. The van der Waals surface area contributed by atoms with Gasteiger partial charge < -0.3 is 15.7 Å². The van der Waals surface area contributed by atoms with Crippen LogP contribution < -0.4 is 10.6 Å². The molecular weight excluding hydrogens is 356 g/mol. The van der Waals surface area contributed by atoms with E-state index in [0.29, 0.717) is 10.6 Å². The van der Waals surface area contributed by atoms with Crippen LogP contribution in [0.4, 0.5) is 5.69 Å². The van der Waals surface area contributed by atoms with Crippen molar-refractivity contribution >= 4 is 35.0 Å². The maximum Gasteiger partial charge on any atom is 0.257 e. The van der Waals surface area contributed by atoms with E-state index < -0.39 is 0 Å². The molecule has 0 aromatic heterocycles. The van der Waals surface area contributed by atoms with Crippen molar-refractivity contribution < 1.29 is 9.90 Å². The zero-order valence-electron chi connectivity index (χ0n) is 14.0. The van der Waals surface area contributed by atoms with Crippen molar-refractivity contribution in [3.63, 3.8) is 0 Å². The first-order valence-corrected chi connectivity index (χ1v) is 9.78. The second-order valence-electron chi connectivity index (χ2n) is 5.50. The minimum atomic E-state index is -0.212. The smallest absolute Gasteiger partial charge is 0.257 e. The number of benzene rings is 2. The van der Waals surface area contributed by atoms with Gasteiger partial charge in [-0.05, 0) is 42.0 Å². The topological polar surface area (TPSA) is 61.4 Å². The lowest BCUT2D eigenvalue weighted by Crippen LogP contribution is -2.17. The quantitative estimate of drug-likeness (QED) is 0.550. The Morgan fingerprint density at radius 1 is 1.12 bits per heavy atom. The van der Waals surface area contributed by atoms with Gasteiger partial charge in [0.15, 0.2) is 0 Å². The number of hydrogen-bond donors (Lipinski definition) is 3. The molecule has 25 heavy (non-hydrogen) atoms. The summed E-state index contributed by atoms with van der Waals surface area (Å²) in [6.07, 6.45) is 0.845. The third kappa shape index (κ3) is 7.08. The molecule has 0 atom stereocenters. The number of aliphatic hydroxyl groups excluding tert-OH is 1. The van der Waals surface area contributed by atoms with Gasteiger partial charge in [0.1, 0.15) is 0 Å². The fourth-order valence-corrected chi connectivity index (χ4v) is 3.30. The molecule has 4 nitrogen and oxygen atoms in total. The number of anilines is 1. The van der Waals surface area contributed by atoms with Crippen LogP contribution in [-0.4, -0.2) is 35.7 Å². The highest BCUT2D eigenvalue weighted by molar-refractivity contribution is 7.99. The van der Waals surface area contributed by atoms with Gasteiger partial charge in [0.2, 0.25) is 0 Å². The molecule has 0 fully saturated rings. The van der Waals surface area contributed by atoms with E-state index in [9.17, 15) is 4.79 Å². The molecule has 0 radical (unpaired) electrons. The normalized spacial score (nSPS) is 10.6. The minimum absolute atomic E-state index is 0.212. The third-order valence-electron chi connectivity index (χ3n) is 3.50. The Hall–Kier alpha value is -1.53. The zero-order chi connectivity index (χ0) is 17.9. The number of thioether (sulfide) groups is 1. The Morgan fingerprint density at radius 2 is 1.96 bits per heavy atom. The molecule has 0 saturated carbocycles. The maximum atomic E-state index is 12.3. The summed E-state index contributed by atoms with van der Waals surface area (Å²) in [5, 5.41) is 15.4. The van der Waals surface area contributed by atoms with E-state index in [2.05, 4.69) is 10.6 Å². The number of amides is 1. The second-order valence-corrected chi connectivity index (χ2v) is 7.13. The van der Waals surface area contributed by atoms with Gasteiger partial charge in [-0.15, -0.1) is 0 Å². The highest BCUT2D eigenvalue weighted by atomic mass is 35.5. The first kappa shape index (κ1) is 19.8. The molecule has 0 aliphatic heterocycles. The number of hydrogen-bond acceptors (Lipinski definition) is 4. The number of halogens is 1. The number of aliphatic hydroxyl groups is 1. The molecule has 0 heterocycles.